The summed E-state index contributed by atoms with van der Waals surface area (Å²) in [5.74, 6) is -1.86. The lowest BCUT2D eigenvalue weighted by molar-refractivity contribution is -0.137. The van der Waals surface area contributed by atoms with Gasteiger partial charge in [-0.15, -0.1) is 0 Å². The Kier molecular flexibility index (Phi) is 85.2. The first kappa shape index (κ1) is 111. The van der Waals surface area contributed by atoms with Crippen LogP contribution < -0.4 is 21.3 Å². The van der Waals surface area contributed by atoms with Crippen LogP contribution in [0, 0.1) is 0 Å². The Morgan fingerprint density at radius 3 is 0.780 bits per heavy atom. The Labute approximate surface area is 698 Å². The van der Waals surface area contributed by atoms with E-state index in [0.717, 1.165) is 4.90 Å². The lowest BCUT2D eigenvalue weighted by Gasteiger charge is -2.20. The lowest BCUT2D eigenvalue weighted by Crippen LogP contribution is -2.47. The molecular formula is C78H147N5O35. The van der Waals surface area contributed by atoms with Gasteiger partial charge in [0.1, 0.15) is 11.6 Å². The van der Waals surface area contributed by atoms with Crippen molar-refractivity contribution in [3.05, 3.63) is 12.2 Å². The fourth-order valence-corrected chi connectivity index (χ4v) is 9.11. The summed E-state index contributed by atoms with van der Waals surface area (Å²) in [6.45, 7) is 30.0. The summed E-state index contributed by atoms with van der Waals surface area (Å²) >= 11 is 0. The van der Waals surface area contributed by atoms with Gasteiger partial charge in [0.2, 0.25) is 17.7 Å². The molecule has 0 radical (unpaired) electrons. The zero-order valence-corrected chi connectivity index (χ0v) is 71.2. The Morgan fingerprint density at radius 2 is 0.525 bits per heavy atom. The third kappa shape index (κ3) is 85.0. The number of carbonyl (C=O) groups excluding carboxylic acids is 6. The monoisotopic (exact) mass is 1710 g/mol. The third-order valence-electron chi connectivity index (χ3n) is 15.0. The zero-order chi connectivity index (χ0) is 85.1. The van der Waals surface area contributed by atoms with E-state index in [1.165, 1.54) is 12.2 Å². The molecule has 694 valence electrons. The number of hydrogen-bond acceptors (Lipinski definition) is 35. The highest BCUT2D eigenvalue weighted by atomic mass is 16.6. The fourth-order valence-electron chi connectivity index (χ4n) is 9.11. The predicted octanol–water partition coefficient (Wildman–Crippen LogP) is 0.198. The molecule has 1 aliphatic rings. The molecule has 40 heteroatoms. The Balaban J connectivity index is 1.81. The standard InChI is InChI=1S/C78H147N5O35/c1-78(2,3)118-77(89)81-12-6-5-7-71(82-73(85)11-16-91-21-24-95-29-30-96-25-22-92-17-13-79-72(84)10-15-83-74(86)8-9-75(83)87)76(88)80-14-18-93-23-26-97-31-32-99-35-36-101-39-40-103-43-44-105-47-48-107-51-52-109-55-56-111-59-60-113-63-64-115-67-68-117-70-69-116-66-65-114-62-61-112-58-57-110-54-53-108-50-49-106-46-45-104-42-41-102-38-37-100-34-33-98-28-27-94-20-19-90-4/h8-9,71H,5-7,10-70H2,1-4H3,(H,79,84)(H,80,88)(H,81,89)(H,82,85)/t71-/m0/s1. The van der Waals surface area contributed by atoms with Gasteiger partial charge in [0.05, 0.1) is 363 Å². The highest BCUT2D eigenvalue weighted by Crippen LogP contribution is 2.08. The SMILES string of the molecule is COCCOCCOCCOCCOCCOCCOCCOCCOCCOCCOCCOCCOCCOCCOCCOCCOCCOCCOCCOCCOCCOCCOCCOCCNC(=O)[C@H](CCCCNC(=O)OC(C)(C)C)NC(=O)CCOCCOCCOCCOCCNC(=O)CCN1C(=O)C=CC1=O. The van der Waals surface area contributed by atoms with Crippen LogP contribution in [0.2, 0.25) is 0 Å². The summed E-state index contributed by atoms with van der Waals surface area (Å²) < 4.78 is 159. The van der Waals surface area contributed by atoms with Gasteiger partial charge in [-0.2, -0.15) is 0 Å². The maximum absolute atomic E-state index is 13.2. The van der Waals surface area contributed by atoms with E-state index in [2.05, 4.69) is 21.3 Å². The molecule has 1 rings (SSSR count). The van der Waals surface area contributed by atoms with Crippen LogP contribution in [0.4, 0.5) is 4.79 Å². The number of rotatable bonds is 97. The molecule has 1 heterocycles. The molecule has 0 aliphatic carbocycles. The number of amides is 6. The van der Waals surface area contributed by atoms with Crippen LogP contribution in [-0.4, -0.2) is 449 Å². The van der Waals surface area contributed by atoms with Gasteiger partial charge in [-0.05, 0) is 40.0 Å². The van der Waals surface area contributed by atoms with Crippen LogP contribution in [0.3, 0.4) is 0 Å². The number of ether oxygens (including phenoxy) is 29. The number of nitrogens with one attached hydrogen (secondary N) is 4. The van der Waals surface area contributed by atoms with Gasteiger partial charge in [-0.3, -0.25) is 28.9 Å². The van der Waals surface area contributed by atoms with Gasteiger partial charge in [0.25, 0.3) is 11.8 Å². The van der Waals surface area contributed by atoms with Gasteiger partial charge >= 0.3 is 6.09 Å². The molecule has 0 aromatic carbocycles. The van der Waals surface area contributed by atoms with Crippen molar-refractivity contribution in [2.45, 2.75) is 64.5 Å². The Hall–Kier alpha value is -4.56. The molecule has 6 amide bonds. The van der Waals surface area contributed by atoms with E-state index >= 15 is 0 Å². The molecule has 1 atom stereocenters. The molecule has 0 aromatic heterocycles. The summed E-state index contributed by atoms with van der Waals surface area (Å²) in [6, 6.07) is -0.815. The van der Waals surface area contributed by atoms with Crippen molar-refractivity contribution in [3.63, 3.8) is 0 Å². The second-order valence-electron chi connectivity index (χ2n) is 25.9. The average molecular weight is 1720 g/mol. The number of methoxy groups -OCH3 is 1. The Bertz CT molecular complexity index is 2240. The smallest absolute Gasteiger partial charge is 0.407 e. The van der Waals surface area contributed by atoms with Crippen LogP contribution in [0.1, 0.15) is 52.9 Å². The van der Waals surface area contributed by atoms with Crippen molar-refractivity contribution in [3.8, 4) is 0 Å². The van der Waals surface area contributed by atoms with E-state index in [4.69, 9.17) is 137 Å². The summed E-state index contributed by atoms with van der Waals surface area (Å²) in [5.41, 5.74) is -0.630. The molecular weight excluding hydrogens is 1570 g/mol. The summed E-state index contributed by atoms with van der Waals surface area (Å²) in [7, 11) is 1.64. The second kappa shape index (κ2) is 90.2. The van der Waals surface area contributed by atoms with E-state index in [0.29, 0.717) is 356 Å². The number of imide groups is 1. The van der Waals surface area contributed by atoms with Gasteiger partial charge in [-0.1, -0.05) is 0 Å². The number of hydrogen-bond donors (Lipinski definition) is 4. The van der Waals surface area contributed by atoms with Crippen LogP contribution in [0.25, 0.3) is 0 Å². The normalized spacial score (nSPS) is 12.6. The molecule has 118 heavy (non-hydrogen) atoms. The summed E-state index contributed by atoms with van der Waals surface area (Å²) in [6.07, 6.45) is 3.29. The van der Waals surface area contributed by atoms with Gasteiger partial charge in [-0.25, -0.2) is 4.79 Å². The number of carbonyl (C=O) groups is 6. The van der Waals surface area contributed by atoms with E-state index in [9.17, 15) is 28.8 Å². The third-order valence-corrected chi connectivity index (χ3v) is 15.0. The maximum atomic E-state index is 13.2. The maximum Gasteiger partial charge on any atom is 0.407 e. The van der Waals surface area contributed by atoms with Crippen molar-refractivity contribution in [1.29, 1.82) is 0 Å². The predicted molar refractivity (Wildman–Crippen MR) is 425 cm³/mol. The largest absolute Gasteiger partial charge is 0.444 e. The van der Waals surface area contributed by atoms with E-state index in [1.54, 1.807) is 27.9 Å². The van der Waals surface area contributed by atoms with Crippen LogP contribution >= 0.6 is 0 Å². The van der Waals surface area contributed by atoms with Crippen molar-refractivity contribution in [1.82, 2.24) is 26.2 Å². The molecule has 1 aliphatic heterocycles. The Morgan fingerprint density at radius 1 is 0.288 bits per heavy atom. The minimum absolute atomic E-state index is 0.00978. The van der Waals surface area contributed by atoms with Crippen molar-refractivity contribution in [2.24, 2.45) is 0 Å². The molecule has 0 spiro atoms. The topological polar surface area (TPSA) is 421 Å². The van der Waals surface area contributed by atoms with Crippen LogP contribution in [-0.2, 0) is 161 Å². The molecule has 4 N–H and O–H groups in total. The first-order valence-electron chi connectivity index (χ1n) is 41.3. The molecule has 0 saturated heterocycles. The van der Waals surface area contributed by atoms with E-state index in [-0.39, 0.29) is 83.2 Å². The second-order valence-corrected chi connectivity index (χ2v) is 25.9. The van der Waals surface area contributed by atoms with Crippen molar-refractivity contribution in [2.75, 3.05) is 397 Å². The highest BCUT2D eigenvalue weighted by Gasteiger charge is 2.24. The van der Waals surface area contributed by atoms with Gasteiger partial charge in [0, 0.05) is 58.3 Å². The molecule has 0 saturated carbocycles. The first-order valence-corrected chi connectivity index (χ1v) is 41.3. The van der Waals surface area contributed by atoms with Crippen LogP contribution in [0.5, 0.6) is 0 Å². The number of nitrogens with zero attached hydrogens (tertiary/aromatic N) is 1. The number of alkyl carbamates (subject to hydrolysis) is 1. The van der Waals surface area contributed by atoms with Gasteiger partial charge in [0.15, 0.2) is 0 Å². The quantitative estimate of drug-likeness (QED) is 0.0467. The van der Waals surface area contributed by atoms with E-state index in [1.807, 2.05) is 0 Å². The summed E-state index contributed by atoms with van der Waals surface area (Å²) in [5, 5.41) is 11.0. The minimum Gasteiger partial charge on any atom is -0.444 e. The first-order chi connectivity index (χ1) is 57.9. The van der Waals surface area contributed by atoms with E-state index < -0.39 is 29.6 Å². The number of unbranched alkanes of at least 4 members (excludes halogenated alkanes) is 1. The highest BCUT2D eigenvalue weighted by molar-refractivity contribution is 6.13. The average Bonchev–Trinajstić information content (AvgIpc) is 1.74. The molecule has 0 unspecified atom stereocenters. The minimum atomic E-state index is -0.815. The lowest BCUT2D eigenvalue weighted by atomic mass is 10.1. The molecule has 0 aromatic rings. The fraction of sp³-hybridized carbons (Fsp3) is 0.897. The van der Waals surface area contributed by atoms with Crippen molar-refractivity contribution >= 4 is 35.6 Å². The molecule has 40 nitrogen and oxygen atoms in total. The zero-order valence-electron chi connectivity index (χ0n) is 71.2. The molecule has 0 bridgehead atoms. The van der Waals surface area contributed by atoms with Gasteiger partial charge < -0.3 is 159 Å². The molecule has 0 fully saturated rings. The van der Waals surface area contributed by atoms with Crippen molar-refractivity contribution < 1.29 is 166 Å². The van der Waals surface area contributed by atoms with Crippen LogP contribution in [0.15, 0.2) is 12.2 Å². The summed E-state index contributed by atoms with van der Waals surface area (Å²) in [4.78, 5) is 74.2.